The molecule has 0 rings (SSSR count). The molecule has 0 spiro atoms. The minimum Gasteiger partial charge on any atom is -0.329 e. The first-order valence-electron chi connectivity index (χ1n) is 4.01. The highest BCUT2D eigenvalue weighted by atomic mass is 32.2. The van der Waals surface area contributed by atoms with Gasteiger partial charge in [0.15, 0.2) is 0 Å². The van der Waals surface area contributed by atoms with Gasteiger partial charge in [-0.1, -0.05) is 0 Å². The van der Waals surface area contributed by atoms with E-state index in [0.29, 0.717) is 0 Å². The first-order chi connectivity index (χ1) is 5.87. The van der Waals surface area contributed by atoms with E-state index in [-0.39, 0.29) is 24.0 Å². The molecule has 0 bridgehead atoms. The number of hydrogen-bond donors (Lipinski definition) is 1. The smallest absolute Gasteiger partial charge is 0.329 e. The number of rotatable bonds is 5. The Labute approximate surface area is 78.1 Å². The summed E-state index contributed by atoms with van der Waals surface area (Å²) in [6.45, 7) is 1.92. The van der Waals surface area contributed by atoms with E-state index in [4.69, 9.17) is 5.73 Å². The van der Waals surface area contributed by atoms with Crippen molar-refractivity contribution in [3.8, 4) is 0 Å². The highest BCUT2D eigenvalue weighted by Crippen LogP contribution is 2.21. The van der Waals surface area contributed by atoms with Crippen molar-refractivity contribution in [1.82, 2.24) is 0 Å². The van der Waals surface area contributed by atoms with Gasteiger partial charge in [-0.25, -0.2) is 0 Å². The van der Waals surface area contributed by atoms with Crippen LogP contribution in [-0.2, 0) is 10.8 Å². The van der Waals surface area contributed by atoms with Crippen molar-refractivity contribution in [2.45, 2.75) is 31.2 Å². The standard InChI is InChI=1S/C7H14F3NOS/c1-6(5-11)13(12)4-2-3-7(8,9)10/h6H,2-5,11H2,1H3. The largest absolute Gasteiger partial charge is 0.389 e. The Bertz CT molecular complexity index is 172. The van der Waals surface area contributed by atoms with Crippen molar-refractivity contribution >= 4 is 10.8 Å². The molecule has 0 aliphatic carbocycles. The van der Waals surface area contributed by atoms with Gasteiger partial charge >= 0.3 is 6.18 Å². The molecule has 0 amide bonds. The van der Waals surface area contributed by atoms with Crippen molar-refractivity contribution < 1.29 is 17.4 Å². The van der Waals surface area contributed by atoms with E-state index in [0.717, 1.165) is 0 Å². The Morgan fingerprint density at radius 2 is 2.00 bits per heavy atom. The Morgan fingerprint density at radius 1 is 1.46 bits per heavy atom. The van der Waals surface area contributed by atoms with Gasteiger partial charge in [0.1, 0.15) is 0 Å². The summed E-state index contributed by atoms with van der Waals surface area (Å²) < 4.78 is 46.1. The summed E-state index contributed by atoms with van der Waals surface area (Å²) in [6.07, 6.45) is -5.09. The maximum Gasteiger partial charge on any atom is 0.389 e. The van der Waals surface area contributed by atoms with Crippen LogP contribution in [0.2, 0.25) is 0 Å². The van der Waals surface area contributed by atoms with Gasteiger partial charge in [-0.05, 0) is 13.3 Å². The van der Waals surface area contributed by atoms with E-state index in [9.17, 15) is 17.4 Å². The quantitative estimate of drug-likeness (QED) is 0.757. The zero-order valence-electron chi connectivity index (χ0n) is 7.43. The first kappa shape index (κ1) is 12.9. The van der Waals surface area contributed by atoms with Crippen LogP contribution in [0.1, 0.15) is 19.8 Å². The highest BCUT2D eigenvalue weighted by Gasteiger charge is 2.26. The Hall–Kier alpha value is -0.100. The van der Waals surface area contributed by atoms with Gasteiger partial charge in [-0.2, -0.15) is 13.2 Å². The summed E-state index contributed by atoms with van der Waals surface area (Å²) >= 11 is 0. The fourth-order valence-corrected chi connectivity index (χ4v) is 1.77. The lowest BCUT2D eigenvalue weighted by molar-refractivity contribution is -0.134. The maximum atomic E-state index is 11.7. The SMILES string of the molecule is CC(CN)S(=O)CCCC(F)(F)F. The van der Waals surface area contributed by atoms with Crippen molar-refractivity contribution in [3.05, 3.63) is 0 Å². The van der Waals surface area contributed by atoms with Gasteiger partial charge in [-0.3, -0.25) is 4.21 Å². The molecule has 0 fully saturated rings. The third-order valence-corrected chi connectivity index (χ3v) is 3.37. The van der Waals surface area contributed by atoms with Crippen LogP contribution in [-0.4, -0.2) is 27.9 Å². The topological polar surface area (TPSA) is 43.1 Å². The molecule has 0 saturated carbocycles. The van der Waals surface area contributed by atoms with E-state index in [2.05, 4.69) is 0 Å². The normalized spacial score (nSPS) is 17.0. The summed E-state index contributed by atoms with van der Waals surface area (Å²) in [7, 11) is -1.22. The fourth-order valence-electron chi connectivity index (χ4n) is 0.723. The van der Waals surface area contributed by atoms with Gasteiger partial charge in [0.25, 0.3) is 0 Å². The molecule has 13 heavy (non-hydrogen) atoms. The van der Waals surface area contributed by atoms with Crippen LogP contribution in [0.3, 0.4) is 0 Å². The fraction of sp³-hybridized carbons (Fsp3) is 1.00. The van der Waals surface area contributed by atoms with Crippen LogP contribution < -0.4 is 5.73 Å². The second kappa shape index (κ2) is 5.59. The molecule has 80 valence electrons. The molecule has 0 saturated heterocycles. The number of halogens is 3. The van der Waals surface area contributed by atoms with Crippen molar-refractivity contribution in [2.75, 3.05) is 12.3 Å². The van der Waals surface area contributed by atoms with Gasteiger partial charge in [0.2, 0.25) is 0 Å². The van der Waals surface area contributed by atoms with E-state index in [1.807, 2.05) is 0 Å². The minimum atomic E-state index is -4.14. The predicted molar refractivity (Wildman–Crippen MR) is 46.8 cm³/mol. The molecule has 2 unspecified atom stereocenters. The van der Waals surface area contributed by atoms with Gasteiger partial charge in [0, 0.05) is 34.8 Å². The van der Waals surface area contributed by atoms with Crippen molar-refractivity contribution in [2.24, 2.45) is 5.73 Å². The summed E-state index contributed by atoms with van der Waals surface area (Å²) in [4.78, 5) is 0. The van der Waals surface area contributed by atoms with Crippen LogP contribution in [0, 0.1) is 0 Å². The Kier molecular flexibility index (Phi) is 5.55. The van der Waals surface area contributed by atoms with E-state index in [1.165, 1.54) is 0 Å². The summed E-state index contributed by atoms with van der Waals surface area (Å²) in [5, 5.41) is -0.215. The van der Waals surface area contributed by atoms with Crippen LogP contribution in [0.4, 0.5) is 13.2 Å². The van der Waals surface area contributed by atoms with E-state index in [1.54, 1.807) is 6.92 Å². The molecular formula is C7H14F3NOS. The molecular weight excluding hydrogens is 203 g/mol. The molecule has 0 aliphatic heterocycles. The molecule has 2 nitrogen and oxygen atoms in total. The molecule has 2 atom stereocenters. The van der Waals surface area contributed by atoms with Crippen LogP contribution >= 0.6 is 0 Å². The van der Waals surface area contributed by atoms with Crippen LogP contribution in [0.25, 0.3) is 0 Å². The summed E-state index contributed by atoms with van der Waals surface area (Å²) in [5.74, 6) is 0.0812. The summed E-state index contributed by atoms with van der Waals surface area (Å²) in [6, 6.07) is 0. The first-order valence-corrected chi connectivity index (χ1v) is 5.39. The number of nitrogens with two attached hydrogens (primary N) is 1. The molecule has 0 aromatic carbocycles. The van der Waals surface area contributed by atoms with Crippen molar-refractivity contribution in [3.63, 3.8) is 0 Å². The Balaban J connectivity index is 3.60. The van der Waals surface area contributed by atoms with E-state index < -0.39 is 23.4 Å². The molecule has 6 heteroatoms. The second-order valence-corrected chi connectivity index (χ2v) is 4.82. The zero-order chi connectivity index (χ0) is 10.5. The third-order valence-electron chi connectivity index (χ3n) is 1.59. The van der Waals surface area contributed by atoms with Gasteiger partial charge < -0.3 is 5.73 Å². The average molecular weight is 217 g/mol. The van der Waals surface area contributed by atoms with Crippen LogP contribution in [0.15, 0.2) is 0 Å². The Morgan fingerprint density at radius 3 is 2.38 bits per heavy atom. The molecule has 0 heterocycles. The lowest BCUT2D eigenvalue weighted by Gasteiger charge is -2.09. The monoisotopic (exact) mass is 217 g/mol. The van der Waals surface area contributed by atoms with Crippen LogP contribution in [0.5, 0.6) is 0 Å². The molecule has 2 N–H and O–H groups in total. The molecule has 0 aromatic heterocycles. The highest BCUT2D eigenvalue weighted by molar-refractivity contribution is 7.85. The zero-order valence-corrected chi connectivity index (χ0v) is 8.25. The van der Waals surface area contributed by atoms with Gasteiger partial charge in [-0.15, -0.1) is 0 Å². The summed E-state index contributed by atoms with van der Waals surface area (Å²) in [5.41, 5.74) is 5.22. The molecule has 0 aliphatic rings. The second-order valence-electron chi connectivity index (χ2n) is 2.85. The average Bonchev–Trinajstić information content (AvgIpc) is 2.00. The van der Waals surface area contributed by atoms with Gasteiger partial charge in [0.05, 0.1) is 0 Å². The maximum absolute atomic E-state index is 11.7. The number of hydrogen-bond acceptors (Lipinski definition) is 2. The lowest BCUT2D eigenvalue weighted by Crippen LogP contribution is -2.24. The van der Waals surface area contributed by atoms with E-state index >= 15 is 0 Å². The minimum absolute atomic E-state index is 0.0812. The molecule has 0 radical (unpaired) electrons. The lowest BCUT2D eigenvalue weighted by atomic mass is 10.3. The number of alkyl halides is 3. The molecule has 0 aromatic rings. The third kappa shape index (κ3) is 7.01. The van der Waals surface area contributed by atoms with Crippen molar-refractivity contribution in [1.29, 1.82) is 0 Å². The predicted octanol–water partition coefficient (Wildman–Crippen LogP) is 1.42.